The fourth-order valence-electron chi connectivity index (χ4n) is 5.10. The van der Waals surface area contributed by atoms with Crippen molar-refractivity contribution in [1.82, 2.24) is 25.5 Å². The highest BCUT2D eigenvalue weighted by Gasteiger charge is 2.34. The Balaban J connectivity index is 0.00000154. The summed E-state index contributed by atoms with van der Waals surface area (Å²) in [5.41, 5.74) is 1.81. The zero-order valence-electron chi connectivity index (χ0n) is 26.1. The number of carbonyl (C=O) groups is 3. The number of H-pyrrole nitrogens is 1. The van der Waals surface area contributed by atoms with Crippen LogP contribution in [0.1, 0.15) is 66.3 Å². The van der Waals surface area contributed by atoms with Gasteiger partial charge in [0.25, 0.3) is 11.8 Å². The van der Waals surface area contributed by atoms with Crippen molar-refractivity contribution in [3.05, 3.63) is 93.8 Å². The van der Waals surface area contributed by atoms with E-state index in [4.69, 9.17) is 4.74 Å². The Kier molecular flexibility index (Phi) is 11.1. The van der Waals surface area contributed by atoms with E-state index in [1.807, 2.05) is 19.0 Å². The van der Waals surface area contributed by atoms with Crippen LogP contribution in [0.3, 0.4) is 0 Å². The summed E-state index contributed by atoms with van der Waals surface area (Å²) in [6.07, 6.45) is -1.13. The fourth-order valence-corrected chi connectivity index (χ4v) is 5.10. The normalized spacial score (nSPS) is 13.2. The predicted octanol–water partition coefficient (Wildman–Crippen LogP) is 5.29. The lowest BCUT2D eigenvalue weighted by Gasteiger charge is -2.19. The van der Waals surface area contributed by atoms with Crippen molar-refractivity contribution in [2.24, 2.45) is 0 Å². The average Bonchev–Trinajstić information content (AvgIpc) is 3.70. The zero-order chi connectivity index (χ0) is 33.4. The summed E-state index contributed by atoms with van der Waals surface area (Å²) in [5.74, 6) is -1.65. The first kappa shape index (κ1) is 34.1. The topological polar surface area (TPSA) is 128 Å². The maximum Gasteiger partial charge on any atom is 0.416 e. The summed E-state index contributed by atoms with van der Waals surface area (Å²) in [7, 11) is 5.03. The van der Waals surface area contributed by atoms with Crippen molar-refractivity contribution < 1.29 is 32.3 Å². The third-order valence-electron chi connectivity index (χ3n) is 7.40. The van der Waals surface area contributed by atoms with Crippen molar-refractivity contribution in [3.63, 3.8) is 0 Å². The number of fused-ring (bicyclic) bond motifs is 1. The molecule has 4 aromatic rings. The van der Waals surface area contributed by atoms with Crippen LogP contribution in [0.25, 0.3) is 11.0 Å². The second-order valence-electron chi connectivity index (χ2n) is 11.0. The highest BCUT2D eigenvalue weighted by Crippen LogP contribution is 2.34. The van der Waals surface area contributed by atoms with Crippen LogP contribution in [0.2, 0.25) is 0 Å². The molecule has 1 aliphatic rings. The van der Waals surface area contributed by atoms with Gasteiger partial charge in [-0.1, -0.05) is 12.1 Å². The van der Waals surface area contributed by atoms with E-state index < -0.39 is 29.5 Å². The molecule has 13 heteroatoms. The van der Waals surface area contributed by atoms with E-state index in [0.717, 1.165) is 32.0 Å². The van der Waals surface area contributed by atoms with Gasteiger partial charge < -0.3 is 25.7 Å². The number of benzene rings is 2. The quantitative estimate of drug-likeness (QED) is 0.193. The van der Waals surface area contributed by atoms with Gasteiger partial charge >= 0.3 is 12.1 Å². The maximum absolute atomic E-state index is 13.9. The minimum Gasteiger partial charge on any atom is -0.464 e. The number of rotatable bonds is 8. The molecule has 0 aliphatic carbocycles. The molecule has 46 heavy (non-hydrogen) atoms. The zero-order valence-corrected chi connectivity index (χ0v) is 26.1. The number of carbonyl (C=O) groups excluding carboxylic acids is 3. The Labute approximate surface area is 264 Å². The Bertz CT molecular complexity index is 1710. The average molecular weight is 639 g/mol. The van der Waals surface area contributed by atoms with Crippen LogP contribution in [-0.4, -0.2) is 66.9 Å². The molecule has 1 saturated heterocycles. The molecular weight excluding hydrogens is 601 g/mol. The number of ether oxygens (including phenoxy) is 1. The van der Waals surface area contributed by atoms with Gasteiger partial charge in [-0.15, -0.1) is 0 Å². The molecule has 2 aromatic carbocycles. The van der Waals surface area contributed by atoms with Crippen molar-refractivity contribution in [2.75, 3.05) is 39.6 Å². The number of amides is 2. The molecule has 10 nitrogen and oxygen atoms in total. The van der Waals surface area contributed by atoms with E-state index in [1.165, 1.54) is 25.3 Å². The summed E-state index contributed by atoms with van der Waals surface area (Å²) >= 11 is 0. The highest BCUT2D eigenvalue weighted by molar-refractivity contribution is 6.05. The van der Waals surface area contributed by atoms with Gasteiger partial charge in [-0.05, 0) is 100 Å². The van der Waals surface area contributed by atoms with Gasteiger partial charge in [-0.2, -0.15) is 13.2 Å². The number of nitrogens with zero attached hydrogens (tertiary/aromatic N) is 2. The smallest absolute Gasteiger partial charge is 0.416 e. The number of esters is 1. The summed E-state index contributed by atoms with van der Waals surface area (Å²) in [6.45, 7) is 3.55. The predicted molar refractivity (Wildman–Crippen MR) is 169 cm³/mol. The lowest BCUT2D eigenvalue weighted by atomic mass is 10.0. The molecule has 3 heterocycles. The number of methoxy groups -OCH3 is 1. The molecule has 5 rings (SSSR count). The maximum atomic E-state index is 13.9. The number of likely N-dealkylation sites (tertiary alicyclic amines) is 1. The van der Waals surface area contributed by atoms with Crippen molar-refractivity contribution >= 4 is 34.5 Å². The van der Waals surface area contributed by atoms with Gasteiger partial charge in [0.05, 0.1) is 12.7 Å². The number of alkyl halides is 3. The molecule has 0 bridgehead atoms. The van der Waals surface area contributed by atoms with Gasteiger partial charge in [0.2, 0.25) is 0 Å². The van der Waals surface area contributed by atoms with E-state index in [-0.39, 0.29) is 35.6 Å². The largest absolute Gasteiger partial charge is 0.464 e. The van der Waals surface area contributed by atoms with Gasteiger partial charge in [0.1, 0.15) is 11.3 Å². The molecule has 0 atom stereocenters. The van der Waals surface area contributed by atoms with E-state index in [2.05, 4.69) is 25.9 Å². The molecule has 0 radical (unpaired) electrons. The minimum absolute atomic E-state index is 0.132. The third-order valence-corrected chi connectivity index (χ3v) is 7.40. The molecular formula is C33H37F3N6O4. The molecule has 0 unspecified atom stereocenters. The summed E-state index contributed by atoms with van der Waals surface area (Å²) in [4.78, 5) is 46.9. The second-order valence-corrected chi connectivity index (χ2v) is 11.0. The van der Waals surface area contributed by atoms with Gasteiger partial charge in [-0.25, -0.2) is 9.78 Å². The lowest BCUT2D eigenvalue weighted by Crippen LogP contribution is -2.24. The molecule has 2 amide bonds. The van der Waals surface area contributed by atoms with Crippen LogP contribution < -0.4 is 16.0 Å². The molecule has 1 aliphatic heterocycles. The van der Waals surface area contributed by atoms with Gasteiger partial charge in [0.15, 0.2) is 0 Å². The first-order valence-corrected chi connectivity index (χ1v) is 14.7. The first-order valence-electron chi connectivity index (χ1n) is 14.7. The number of aromatic amines is 1. The van der Waals surface area contributed by atoms with Gasteiger partial charge in [0, 0.05) is 41.5 Å². The Morgan fingerprint density at radius 2 is 1.72 bits per heavy atom. The summed E-state index contributed by atoms with van der Waals surface area (Å²) < 4.78 is 46.4. The summed E-state index contributed by atoms with van der Waals surface area (Å²) in [6, 6.07) is 11.7. The monoisotopic (exact) mass is 638 g/mol. The standard InChI is InChI=1S/C31H30F3N5O4.C2H7N/c1-18-5-8-23(37-28(40)20-6-7-21(17-39-9-3-4-10-39)25(12-20)31(32,33)34)14-24(18)29(41)36-16-19-11-22-13-26(30(42)43-2)38-27(22)35-15-19;1-3-2/h5-8,11-15H,3-4,9-10,16-17H2,1-2H3,(H,35,38)(H,36,41)(H,37,40);3H,1-2H3. The van der Waals surface area contributed by atoms with Crippen LogP contribution in [-0.2, 0) is 24.0 Å². The Morgan fingerprint density at radius 1 is 1.00 bits per heavy atom. The van der Waals surface area contributed by atoms with E-state index in [1.54, 1.807) is 37.4 Å². The molecule has 4 N–H and O–H groups in total. The summed E-state index contributed by atoms with van der Waals surface area (Å²) in [5, 5.41) is 8.85. The number of aryl methyl sites for hydroxylation is 1. The fraction of sp³-hybridized carbons (Fsp3) is 0.333. The second kappa shape index (κ2) is 15.0. The highest BCUT2D eigenvalue weighted by atomic mass is 19.4. The van der Waals surface area contributed by atoms with Crippen molar-refractivity contribution in [2.45, 2.75) is 39.0 Å². The Hall–Kier alpha value is -4.75. The number of halogens is 3. The molecule has 244 valence electrons. The molecule has 0 spiro atoms. The van der Waals surface area contributed by atoms with E-state index >= 15 is 0 Å². The lowest BCUT2D eigenvalue weighted by molar-refractivity contribution is -0.138. The first-order chi connectivity index (χ1) is 21.9. The number of hydrogen-bond donors (Lipinski definition) is 4. The molecule has 1 fully saturated rings. The molecule has 0 saturated carbocycles. The van der Waals surface area contributed by atoms with E-state index in [0.29, 0.717) is 27.7 Å². The number of aromatic nitrogens is 2. The number of nitrogens with one attached hydrogen (secondary N) is 4. The van der Waals surface area contributed by atoms with E-state index in [9.17, 15) is 27.6 Å². The number of anilines is 1. The van der Waals surface area contributed by atoms with Crippen LogP contribution in [0.4, 0.5) is 18.9 Å². The van der Waals surface area contributed by atoms with Crippen LogP contribution in [0, 0.1) is 6.92 Å². The van der Waals surface area contributed by atoms with Crippen LogP contribution in [0.15, 0.2) is 54.7 Å². The van der Waals surface area contributed by atoms with Crippen molar-refractivity contribution in [1.29, 1.82) is 0 Å². The molecule has 2 aromatic heterocycles. The third kappa shape index (κ3) is 8.49. The van der Waals surface area contributed by atoms with Gasteiger partial charge in [-0.3, -0.25) is 14.5 Å². The minimum atomic E-state index is -4.61. The number of hydrogen-bond acceptors (Lipinski definition) is 7. The number of pyridine rings is 1. The van der Waals surface area contributed by atoms with Crippen molar-refractivity contribution in [3.8, 4) is 0 Å². The SMILES string of the molecule is CNC.COC(=O)c1cc2cc(CNC(=O)c3cc(NC(=O)c4ccc(CN5CCCC5)c(C(F)(F)F)c4)ccc3C)cnc2[nH]1. The van der Waals surface area contributed by atoms with Crippen LogP contribution >= 0.6 is 0 Å². The van der Waals surface area contributed by atoms with Crippen LogP contribution in [0.5, 0.6) is 0 Å². The Morgan fingerprint density at radius 3 is 2.39 bits per heavy atom.